The number of carbonyl (C=O) groups excluding carboxylic acids is 4. The predicted octanol–water partition coefficient (Wildman–Crippen LogP) is 7.21. The molecule has 0 radical (unpaired) electrons. The van der Waals surface area contributed by atoms with Gasteiger partial charge in [0.05, 0.1) is 44.4 Å². The highest BCUT2D eigenvalue weighted by molar-refractivity contribution is 6.33. The Balaban J connectivity index is 1.29. The molecule has 4 aromatic rings. The van der Waals surface area contributed by atoms with Gasteiger partial charge in [-0.3, -0.25) is 39.6 Å². The van der Waals surface area contributed by atoms with E-state index in [1.54, 1.807) is 36.4 Å². The van der Waals surface area contributed by atoms with E-state index in [9.17, 15) is 42.8 Å². The van der Waals surface area contributed by atoms with Crippen molar-refractivity contribution in [3.8, 4) is 5.75 Å². The number of aromatic nitrogens is 1. The van der Waals surface area contributed by atoms with E-state index >= 15 is 4.79 Å². The third kappa shape index (κ3) is 5.47. The lowest BCUT2D eigenvalue weighted by atomic mass is 9.49. The number of aromatic hydroxyl groups is 1. The second-order valence-electron chi connectivity index (χ2n) is 13.8. The fourth-order valence-corrected chi connectivity index (χ4v) is 9.17. The minimum atomic E-state index is -4.78. The van der Waals surface area contributed by atoms with Crippen LogP contribution in [0.25, 0.3) is 0 Å². The molecule has 55 heavy (non-hydrogen) atoms. The summed E-state index contributed by atoms with van der Waals surface area (Å²) in [7, 11) is 0. The fourth-order valence-electron chi connectivity index (χ4n) is 8.84. The summed E-state index contributed by atoms with van der Waals surface area (Å²) in [5.41, 5.74) is 0.557. The number of nitro benzene ring substituents is 1. The van der Waals surface area contributed by atoms with E-state index in [2.05, 4.69) is 10.4 Å². The summed E-state index contributed by atoms with van der Waals surface area (Å²) in [5.74, 6) is -8.51. The minimum absolute atomic E-state index is 0.0607. The SMILES string of the molecule is O=C1[C@@H]2C[C@@H]3C(=CC[C@@H]4C(=O)N(c5ccc([N+](=O)[O-])cc5)C(=O)[C@@H]43)[C@H](c3ccccc3O)[C@]2(c2ccc(Cl)cc2)C(=O)N1Nc1ncc(C(F)(F)F)cc1Cl. The van der Waals surface area contributed by atoms with Crippen molar-refractivity contribution in [2.75, 3.05) is 10.3 Å². The van der Waals surface area contributed by atoms with Crippen molar-refractivity contribution in [1.82, 2.24) is 9.99 Å². The van der Waals surface area contributed by atoms with Crippen LogP contribution in [0.5, 0.6) is 5.75 Å². The number of hydrazine groups is 1. The van der Waals surface area contributed by atoms with Gasteiger partial charge in [0, 0.05) is 34.8 Å². The number of pyridine rings is 1. The molecule has 2 saturated heterocycles. The number of benzene rings is 3. The zero-order valence-electron chi connectivity index (χ0n) is 28.0. The molecule has 12 nitrogen and oxygen atoms in total. The highest BCUT2D eigenvalue weighted by atomic mass is 35.5. The number of amides is 4. The molecular formula is C38H26Cl2F3N5O7. The number of nitrogens with one attached hydrogen (secondary N) is 1. The second kappa shape index (κ2) is 12.9. The van der Waals surface area contributed by atoms with Gasteiger partial charge in [-0.1, -0.05) is 65.2 Å². The number of rotatable bonds is 6. The lowest BCUT2D eigenvalue weighted by Gasteiger charge is -2.50. The summed E-state index contributed by atoms with van der Waals surface area (Å²) in [6, 6.07) is 18.0. The van der Waals surface area contributed by atoms with Crippen molar-refractivity contribution in [2.45, 2.75) is 30.4 Å². The first-order valence-electron chi connectivity index (χ1n) is 16.9. The first kappa shape index (κ1) is 36.2. The van der Waals surface area contributed by atoms with Gasteiger partial charge < -0.3 is 5.11 Å². The molecule has 2 aliphatic heterocycles. The summed E-state index contributed by atoms with van der Waals surface area (Å²) in [4.78, 5) is 73.7. The number of alkyl halides is 3. The standard InChI is InChI=1S/C38H26Cl2F3N5O7/c39-20-7-5-18(6-8-20)37-27(34(51)47(36(37)53)45-32-28(40)15-19(17-44-32)38(41,42)43)16-26-23(31(37)24-3-1-2-4-29(24)49)13-14-25-30(26)35(52)46(33(25)50)21-9-11-22(12-10-21)48(54)55/h1-13,15,17,25-27,30-31,49H,14,16H2,(H,44,45)/t25-,26+,27-,30-,31+,37+/m0/s1. The molecule has 2 aliphatic carbocycles. The van der Waals surface area contributed by atoms with Crippen LogP contribution in [-0.2, 0) is 30.8 Å². The van der Waals surface area contributed by atoms with Gasteiger partial charge in [0.15, 0.2) is 5.82 Å². The van der Waals surface area contributed by atoms with Gasteiger partial charge in [-0.05, 0) is 60.7 Å². The number of fused-ring (bicyclic) bond motifs is 4. The number of nitrogens with zero attached hydrogens (tertiary/aromatic N) is 4. The number of anilines is 2. The Hall–Kier alpha value is -5.80. The highest BCUT2D eigenvalue weighted by Crippen LogP contribution is 2.65. The number of hydrogen-bond donors (Lipinski definition) is 2. The van der Waals surface area contributed by atoms with E-state index in [4.69, 9.17) is 23.2 Å². The first-order valence-corrected chi connectivity index (χ1v) is 17.6. The summed E-state index contributed by atoms with van der Waals surface area (Å²) in [5, 5.41) is 23.2. The maximum Gasteiger partial charge on any atom is 0.417 e. The van der Waals surface area contributed by atoms with Gasteiger partial charge in [-0.25, -0.2) is 4.98 Å². The Bertz CT molecular complexity index is 2360. The number of hydrogen-bond acceptors (Lipinski definition) is 9. The Kier molecular flexibility index (Phi) is 8.50. The second-order valence-corrected chi connectivity index (χ2v) is 14.6. The van der Waals surface area contributed by atoms with Crippen LogP contribution in [0.3, 0.4) is 0 Å². The average molecular weight is 793 g/mol. The van der Waals surface area contributed by atoms with Gasteiger partial charge in [0.2, 0.25) is 11.8 Å². The molecule has 0 bridgehead atoms. The number of nitro groups is 1. The van der Waals surface area contributed by atoms with Gasteiger partial charge in [0.25, 0.3) is 17.5 Å². The van der Waals surface area contributed by atoms with E-state index in [0.29, 0.717) is 33.4 Å². The van der Waals surface area contributed by atoms with Crippen molar-refractivity contribution in [1.29, 1.82) is 0 Å². The van der Waals surface area contributed by atoms with Crippen LogP contribution in [0.2, 0.25) is 10.0 Å². The van der Waals surface area contributed by atoms with Crippen LogP contribution in [0.4, 0.5) is 30.4 Å². The van der Waals surface area contributed by atoms with Crippen LogP contribution in [0.15, 0.2) is 96.7 Å². The van der Waals surface area contributed by atoms with E-state index in [0.717, 1.165) is 4.90 Å². The molecule has 3 heterocycles. The molecule has 6 atom stereocenters. The molecule has 1 aromatic heterocycles. The topological polar surface area (TPSA) is 163 Å². The Morgan fingerprint density at radius 2 is 1.62 bits per heavy atom. The average Bonchev–Trinajstić information content (AvgIpc) is 3.53. The number of imide groups is 2. The Morgan fingerprint density at radius 3 is 2.25 bits per heavy atom. The number of carbonyl (C=O) groups is 4. The zero-order chi connectivity index (χ0) is 39.1. The van der Waals surface area contributed by atoms with Crippen LogP contribution >= 0.6 is 23.2 Å². The van der Waals surface area contributed by atoms with E-state index in [-0.39, 0.29) is 35.5 Å². The van der Waals surface area contributed by atoms with E-state index in [1.165, 1.54) is 42.5 Å². The fraction of sp³-hybridized carbons (Fsp3) is 0.237. The zero-order valence-corrected chi connectivity index (χ0v) is 29.5. The number of phenolic OH excluding ortho intramolecular Hbond substituents is 1. The molecule has 0 unspecified atom stereocenters. The minimum Gasteiger partial charge on any atom is -0.508 e. The molecule has 3 aromatic carbocycles. The smallest absolute Gasteiger partial charge is 0.417 e. The summed E-state index contributed by atoms with van der Waals surface area (Å²) >= 11 is 12.5. The molecular weight excluding hydrogens is 766 g/mol. The number of non-ortho nitro benzene ring substituents is 1. The summed E-state index contributed by atoms with van der Waals surface area (Å²) in [6.45, 7) is 0. The molecule has 1 saturated carbocycles. The van der Waals surface area contributed by atoms with Crippen molar-refractivity contribution < 1.29 is 42.4 Å². The predicted molar refractivity (Wildman–Crippen MR) is 191 cm³/mol. The van der Waals surface area contributed by atoms with Crippen molar-refractivity contribution in [3.63, 3.8) is 0 Å². The number of phenols is 1. The van der Waals surface area contributed by atoms with Gasteiger partial charge >= 0.3 is 6.18 Å². The Morgan fingerprint density at radius 1 is 0.927 bits per heavy atom. The monoisotopic (exact) mass is 791 g/mol. The third-order valence-corrected chi connectivity index (χ3v) is 11.7. The number of halogens is 5. The number of para-hydroxylation sites is 1. The summed E-state index contributed by atoms with van der Waals surface area (Å²) < 4.78 is 40.3. The van der Waals surface area contributed by atoms with Crippen molar-refractivity contribution in [3.05, 3.63) is 134 Å². The number of allylic oxidation sites excluding steroid dienone is 2. The maximum absolute atomic E-state index is 15.2. The van der Waals surface area contributed by atoms with Crippen molar-refractivity contribution in [2.24, 2.45) is 23.7 Å². The van der Waals surface area contributed by atoms with Crippen LogP contribution in [0, 0.1) is 33.8 Å². The Labute approximate surface area is 319 Å². The van der Waals surface area contributed by atoms with Crippen LogP contribution in [-0.4, -0.2) is 43.7 Å². The normalized spacial score (nSPS) is 26.1. The lowest BCUT2D eigenvalue weighted by Crippen LogP contribution is -2.53. The maximum atomic E-state index is 15.2. The van der Waals surface area contributed by atoms with E-state index < -0.39 is 86.1 Å². The molecule has 4 aliphatic rings. The summed E-state index contributed by atoms with van der Waals surface area (Å²) in [6.07, 6.45) is -2.58. The molecule has 8 rings (SSSR count). The molecule has 0 spiro atoms. The van der Waals surface area contributed by atoms with Crippen LogP contribution < -0.4 is 10.3 Å². The highest BCUT2D eigenvalue weighted by Gasteiger charge is 2.70. The lowest BCUT2D eigenvalue weighted by molar-refractivity contribution is -0.384. The van der Waals surface area contributed by atoms with Gasteiger partial charge in [-0.15, -0.1) is 0 Å². The van der Waals surface area contributed by atoms with Crippen molar-refractivity contribution >= 4 is 64.0 Å². The molecule has 280 valence electrons. The molecule has 17 heteroatoms. The molecule has 2 N–H and O–H groups in total. The molecule has 4 amide bonds. The largest absolute Gasteiger partial charge is 0.508 e. The quantitative estimate of drug-likeness (QED) is 0.0889. The van der Waals surface area contributed by atoms with E-state index in [1.807, 2.05) is 0 Å². The first-order chi connectivity index (χ1) is 26.1. The third-order valence-electron chi connectivity index (χ3n) is 11.1. The molecule has 3 fully saturated rings. The van der Waals surface area contributed by atoms with Gasteiger partial charge in [0.1, 0.15) is 5.75 Å². The van der Waals surface area contributed by atoms with Gasteiger partial charge in [-0.2, -0.15) is 18.2 Å². The van der Waals surface area contributed by atoms with Crippen LogP contribution in [0.1, 0.15) is 35.4 Å².